The number of rotatable bonds is 3. The Bertz CT molecular complexity index is 532. The first-order valence-electron chi connectivity index (χ1n) is 4.91. The number of hydrogen-bond acceptors (Lipinski definition) is 3. The van der Waals surface area contributed by atoms with E-state index in [0.717, 1.165) is 26.1 Å². The molecular weight excluding hydrogens is 348 g/mol. The first kappa shape index (κ1) is 12.4. The predicted molar refractivity (Wildman–Crippen MR) is 75.9 cm³/mol. The van der Waals surface area contributed by atoms with Gasteiger partial charge in [0.05, 0.1) is 21.7 Å². The molecule has 5 heteroatoms. The Labute approximate surface area is 116 Å². The fourth-order valence-electron chi connectivity index (χ4n) is 1.37. The van der Waals surface area contributed by atoms with Crippen molar-refractivity contribution >= 4 is 43.2 Å². The number of halogens is 2. The van der Waals surface area contributed by atoms with Crippen molar-refractivity contribution in [1.82, 2.24) is 4.98 Å². The van der Waals surface area contributed by atoms with Crippen LogP contribution >= 0.6 is 31.9 Å². The highest BCUT2D eigenvalue weighted by Crippen LogP contribution is 2.31. The molecular formula is C12H10Br2N2O. The van der Waals surface area contributed by atoms with Crippen molar-refractivity contribution < 1.29 is 4.74 Å². The standard InChI is InChI=1S/C12H10Br2N2O/c1-17-12-6-8(2-3-9(12)13)16-11-4-5-15-7-10(11)14/h2-7H,1H3,(H,15,16). The number of nitrogens with one attached hydrogen (secondary N) is 1. The molecule has 2 aromatic rings. The molecule has 0 radical (unpaired) electrons. The largest absolute Gasteiger partial charge is 0.495 e. The van der Waals surface area contributed by atoms with Gasteiger partial charge in [0.1, 0.15) is 5.75 Å². The summed E-state index contributed by atoms with van der Waals surface area (Å²) in [7, 11) is 1.65. The van der Waals surface area contributed by atoms with Crippen molar-refractivity contribution in [1.29, 1.82) is 0 Å². The molecule has 2 rings (SSSR count). The zero-order valence-corrected chi connectivity index (χ0v) is 12.2. The maximum absolute atomic E-state index is 5.24. The van der Waals surface area contributed by atoms with Gasteiger partial charge in [0.2, 0.25) is 0 Å². The summed E-state index contributed by atoms with van der Waals surface area (Å²) in [6.45, 7) is 0. The van der Waals surface area contributed by atoms with Gasteiger partial charge in [-0.3, -0.25) is 4.98 Å². The number of pyridine rings is 1. The lowest BCUT2D eigenvalue weighted by Crippen LogP contribution is -1.93. The normalized spacial score (nSPS) is 10.1. The average Bonchev–Trinajstić information content (AvgIpc) is 2.34. The van der Waals surface area contributed by atoms with Gasteiger partial charge in [-0.15, -0.1) is 0 Å². The van der Waals surface area contributed by atoms with Gasteiger partial charge >= 0.3 is 0 Å². The van der Waals surface area contributed by atoms with Gasteiger partial charge in [0.25, 0.3) is 0 Å². The van der Waals surface area contributed by atoms with Crippen LogP contribution in [0.15, 0.2) is 45.6 Å². The van der Waals surface area contributed by atoms with E-state index in [1.54, 1.807) is 19.5 Å². The van der Waals surface area contributed by atoms with E-state index in [2.05, 4.69) is 42.2 Å². The third-order valence-electron chi connectivity index (χ3n) is 2.20. The van der Waals surface area contributed by atoms with Crippen molar-refractivity contribution in [3.8, 4) is 5.75 Å². The molecule has 0 saturated carbocycles. The van der Waals surface area contributed by atoms with E-state index in [4.69, 9.17) is 4.74 Å². The Hall–Kier alpha value is -1.07. The molecule has 1 heterocycles. The van der Waals surface area contributed by atoms with Crippen LogP contribution in [0, 0.1) is 0 Å². The van der Waals surface area contributed by atoms with E-state index >= 15 is 0 Å². The summed E-state index contributed by atoms with van der Waals surface area (Å²) in [5, 5.41) is 3.29. The smallest absolute Gasteiger partial charge is 0.135 e. The number of hydrogen-bond donors (Lipinski definition) is 1. The van der Waals surface area contributed by atoms with Crippen LogP contribution in [0.2, 0.25) is 0 Å². The maximum atomic E-state index is 5.24. The van der Waals surface area contributed by atoms with Gasteiger partial charge in [-0.05, 0) is 50.1 Å². The third-order valence-corrected chi connectivity index (χ3v) is 3.49. The van der Waals surface area contributed by atoms with Crippen molar-refractivity contribution in [3.05, 3.63) is 45.6 Å². The Morgan fingerprint density at radius 1 is 1.18 bits per heavy atom. The second kappa shape index (κ2) is 5.51. The number of aromatic nitrogens is 1. The summed E-state index contributed by atoms with van der Waals surface area (Å²) in [6, 6.07) is 7.74. The lowest BCUT2D eigenvalue weighted by atomic mass is 10.3. The van der Waals surface area contributed by atoms with E-state index in [1.807, 2.05) is 24.3 Å². The molecule has 0 fully saturated rings. The minimum Gasteiger partial charge on any atom is -0.495 e. The highest BCUT2D eigenvalue weighted by molar-refractivity contribution is 9.11. The van der Waals surface area contributed by atoms with Crippen molar-refractivity contribution in [2.45, 2.75) is 0 Å². The van der Waals surface area contributed by atoms with Crippen molar-refractivity contribution in [2.75, 3.05) is 12.4 Å². The van der Waals surface area contributed by atoms with Crippen LogP contribution in [0.25, 0.3) is 0 Å². The summed E-state index contributed by atoms with van der Waals surface area (Å²) in [5.41, 5.74) is 1.92. The molecule has 0 atom stereocenters. The summed E-state index contributed by atoms with van der Waals surface area (Å²) in [6.07, 6.45) is 3.49. The van der Waals surface area contributed by atoms with Crippen LogP contribution in [0.5, 0.6) is 5.75 Å². The van der Waals surface area contributed by atoms with E-state index in [9.17, 15) is 0 Å². The van der Waals surface area contributed by atoms with Gasteiger partial charge in [-0.25, -0.2) is 0 Å². The van der Waals surface area contributed by atoms with Crippen LogP contribution in [0.4, 0.5) is 11.4 Å². The molecule has 0 bridgehead atoms. The minimum atomic E-state index is 0.792. The maximum Gasteiger partial charge on any atom is 0.135 e. The van der Waals surface area contributed by atoms with Gasteiger partial charge < -0.3 is 10.1 Å². The molecule has 0 aliphatic rings. The first-order chi connectivity index (χ1) is 8.20. The SMILES string of the molecule is COc1cc(Nc2ccncc2Br)ccc1Br. The lowest BCUT2D eigenvalue weighted by molar-refractivity contribution is 0.412. The quantitative estimate of drug-likeness (QED) is 0.886. The molecule has 0 aliphatic heterocycles. The molecule has 0 unspecified atom stereocenters. The summed E-state index contributed by atoms with van der Waals surface area (Å²) in [5.74, 6) is 0.792. The fraction of sp³-hybridized carbons (Fsp3) is 0.0833. The van der Waals surface area contributed by atoms with Crippen LogP contribution in [0.3, 0.4) is 0 Å². The molecule has 1 aromatic heterocycles. The van der Waals surface area contributed by atoms with Crippen LogP contribution in [0.1, 0.15) is 0 Å². The van der Waals surface area contributed by atoms with Gasteiger partial charge in [0.15, 0.2) is 0 Å². The lowest BCUT2D eigenvalue weighted by Gasteiger charge is -2.10. The molecule has 17 heavy (non-hydrogen) atoms. The summed E-state index contributed by atoms with van der Waals surface area (Å²) in [4.78, 5) is 4.02. The summed E-state index contributed by atoms with van der Waals surface area (Å²) < 4.78 is 7.09. The third kappa shape index (κ3) is 2.98. The average molecular weight is 358 g/mol. The van der Waals surface area contributed by atoms with Gasteiger partial charge in [-0.2, -0.15) is 0 Å². The predicted octanol–water partition coefficient (Wildman–Crippen LogP) is 4.36. The van der Waals surface area contributed by atoms with E-state index < -0.39 is 0 Å². The van der Waals surface area contributed by atoms with E-state index in [-0.39, 0.29) is 0 Å². The van der Waals surface area contributed by atoms with Gasteiger partial charge in [-0.1, -0.05) is 0 Å². The zero-order valence-electron chi connectivity index (χ0n) is 9.08. The second-order valence-corrected chi connectivity index (χ2v) is 5.04. The summed E-state index contributed by atoms with van der Waals surface area (Å²) >= 11 is 6.86. The monoisotopic (exact) mass is 356 g/mol. The Morgan fingerprint density at radius 2 is 2.00 bits per heavy atom. The number of methoxy groups -OCH3 is 1. The highest BCUT2D eigenvalue weighted by atomic mass is 79.9. The number of anilines is 2. The topological polar surface area (TPSA) is 34.1 Å². The molecule has 0 amide bonds. The molecule has 0 aliphatic carbocycles. The molecule has 0 spiro atoms. The first-order valence-corrected chi connectivity index (χ1v) is 6.49. The number of ether oxygens (including phenoxy) is 1. The molecule has 1 aromatic carbocycles. The molecule has 0 saturated heterocycles. The fourth-order valence-corrected chi connectivity index (χ4v) is 2.13. The van der Waals surface area contributed by atoms with E-state index in [1.165, 1.54) is 0 Å². The Balaban J connectivity index is 2.28. The van der Waals surface area contributed by atoms with Crippen LogP contribution < -0.4 is 10.1 Å². The van der Waals surface area contributed by atoms with E-state index in [0.29, 0.717) is 0 Å². The van der Waals surface area contributed by atoms with Gasteiger partial charge in [0, 0.05) is 24.1 Å². The Kier molecular flexibility index (Phi) is 4.02. The molecule has 3 nitrogen and oxygen atoms in total. The molecule has 1 N–H and O–H groups in total. The van der Waals surface area contributed by atoms with Crippen molar-refractivity contribution in [2.24, 2.45) is 0 Å². The van der Waals surface area contributed by atoms with Crippen LogP contribution in [-0.4, -0.2) is 12.1 Å². The molecule has 88 valence electrons. The number of nitrogens with zero attached hydrogens (tertiary/aromatic N) is 1. The van der Waals surface area contributed by atoms with Crippen LogP contribution in [-0.2, 0) is 0 Å². The minimum absolute atomic E-state index is 0.792. The number of benzene rings is 1. The Morgan fingerprint density at radius 3 is 2.71 bits per heavy atom. The highest BCUT2D eigenvalue weighted by Gasteiger charge is 2.03. The zero-order chi connectivity index (χ0) is 12.3. The second-order valence-electron chi connectivity index (χ2n) is 3.33. The van der Waals surface area contributed by atoms with Crippen molar-refractivity contribution in [3.63, 3.8) is 0 Å².